The van der Waals surface area contributed by atoms with Crippen molar-refractivity contribution in [3.05, 3.63) is 22.4 Å². The number of nitrogen functional groups attached to an aromatic ring is 1. The second-order valence-electron chi connectivity index (χ2n) is 3.21. The highest BCUT2D eigenvalue weighted by atomic mass is 32.1. The number of anilines is 1. The Balaban J connectivity index is 2.59. The normalized spacial score (nSPS) is 11.2. The van der Waals surface area contributed by atoms with Crippen LogP contribution in [-0.4, -0.2) is 20.1 Å². The van der Waals surface area contributed by atoms with Crippen molar-refractivity contribution in [1.29, 1.82) is 0 Å². The first-order valence-electron chi connectivity index (χ1n) is 4.33. The molecule has 0 unspecified atom stereocenters. The van der Waals surface area contributed by atoms with Crippen molar-refractivity contribution in [3.63, 3.8) is 0 Å². The first-order chi connectivity index (χ1) is 7.66. The fourth-order valence-electron chi connectivity index (χ4n) is 1.62. The maximum Gasteiger partial charge on any atom is 0.298 e. The zero-order valence-corrected chi connectivity index (χ0v) is 8.61. The third kappa shape index (κ3) is 1.07. The van der Waals surface area contributed by atoms with Crippen LogP contribution in [0.2, 0.25) is 0 Å². The Hall–Kier alpha value is -2.22. The number of nitro benzene ring substituents is 1. The van der Waals surface area contributed by atoms with E-state index in [0.29, 0.717) is 20.9 Å². The monoisotopic (exact) mass is 235 g/mol. The van der Waals surface area contributed by atoms with Crippen molar-refractivity contribution in [2.45, 2.75) is 0 Å². The van der Waals surface area contributed by atoms with E-state index in [1.54, 1.807) is 6.20 Å². The molecule has 0 amide bonds. The number of nitro groups is 1. The number of H-pyrrole nitrogens is 1. The fraction of sp³-hybridized carbons (Fsp3) is 0. The van der Waals surface area contributed by atoms with Gasteiger partial charge in [0, 0.05) is 11.5 Å². The molecule has 0 aliphatic carbocycles. The molecule has 0 aliphatic heterocycles. The van der Waals surface area contributed by atoms with Crippen LogP contribution in [0.3, 0.4) is 0 Å². The zero-order valence-electron chi connectivity index (χ0n) is 7.80. The van der Waals surface area contributed by atoms with Crippen molar-refractivity contribution >= 4 is 43.3 Å². The summed E-state index contributed by atoms with van der Waals surface area (Å²) in [5.74, 6) is 0. The molecule has 0 atom stereocenters. The molecule has 7 nitrogen and oxygen atoms in total. The number of nitrogens with one attached hydrogen (secondary N) is 1. The molecule has 2 aromatic heterocycles. The van der Waals surface area contributed by atoms with Gasteiger partial charge in [0.2, 0.25) is 0 Å². The third-order valence-electron chi connectivity index (χ3n) is 2.28. The van der Waals surface area contributed by atoms with Crippen molar-refractivity contribution in [2.24, 2.45) is 0 Å². The highest BCUT2D eigenvalue weighted by Crippen LogP contribution is 2.36. The number of rotatable bonds is 1. The SMILES string of the molecule is Nc1nc2c([N+](=O)[O-])cc3[nH]ncc3c2s1. The Morgan fingerprint density at radius 2 is 2.38 bits per heavy atom. The summed E-state index contributed by atoms with van der Waals surface area (Å²) < 4.78 is 0.690. The van der Waals surface area contributed by atoms with Crippen molar-refractivity contribution < 1.29 is 4.92 Å². The molecular weight excluding hydrogens is 230 g/mol. The number of aromatic amines is 1. The van der Waals surface area contributed by atoms with Crippen LogP contribution < -0.4 is 5.73 Å². The number of nitrogens with zero attached hydrogens (tertiary/aromatic N) is 3. The summed E-state index contributed by atoms with van der Waals surface area (Å²) in [4.78, 5) is 14.4. The summed E-state index contributed by atoms with van der Waals surface area (Å²) in [7, 11) is 0. The molecule has 0 saturated carbocycles. The topological polar surface area (TPSA) is 111 Å². The van der Waals surface area contributed by atoms with Gasteiger partial charge >= 0.3 is 0 Å². The van der Waals surface area contributed by atoms with E-state index in [9.17, 15) is 10.1 Å². The third-order valence-corrected chi connectivity index (χ3v) is 3.20. The zero-order chi connectivity index (χ0) is 11.3. The van der Waals surface area contributed by atoms with Crippen LogP contribution in [0, 0.1) is 10.1 Å². The lowest BCUT2D eigenvalue weighted by molar-refractivity contribution is -0.383. The Bertz CT molecular complexity index is 716. The van der Waals surface area contributed by atoms with Crippen LogP contribution in [0.4, 0.5) is 10.8 Å². The molecule has 0 spiro atoms. The first kappa shape index (κ1) is 9.04. The molecule has 0 aliphatic rings. The molecule has 16 heavy (non-hydrogen) atoms. The number of thiazole rings is 1. The summed E-state index contributed by atoms with van der Waals surface area (Å²) in [6.07, 6.45) is 1.61. The van der Waals surface area contributed by atoms with Gasteiger partial charge in [0.1, 0.15) is 0 Å². The number of nitrogens with two attached hydrogens (primary N) is 1. The van der Waals surface area contributed by atoms with Crippen molar-refractivity contribution in [2.75, 3.05) is 5.73 Å². The van der Waals surface area contributed by atoms with Gasteiger partial charge in [-0.25, -0.2) is 4.98 Å². The molecule has 0 saturated heterocycles. The predicted molar refractivity (Wildman–Crippen MR) is 60.3 cm³/mol. The van der Waals surface area contributed by atoms with Gasteiger partial charge in [-0.1, -0.05) is 11.3 Å². The lowest BCUT2D eigenvalue weighted by atomic mass is 10.2. The average molecular weight is 235 g/mol. The van der Waals surface area contributed by atoms with E-state index in [0.717, 1.165) is 5.39 Å². The molecule has 3 rings (SSSR count). The van der Waals surface area contributed by atoms with Crippen LogP contribution >= 0.6 is 11.3 Å². The number of hydrogen-bond donors (Lipinski definition) is 2. The largest absolute Gasteiger partial charge is 0.375 e. The molecule has 80 valence electrons. The highest BCUT2D eigenvalue weighted by Gasteiger charge is 2.19. The van der Waals surface area contributed by atoms with Gasteiger partial charge in [0.15, 0.2) is 10.6 Å². The molecule has 3 N–H and O–H groups in total. The van der Waals surface area contributed by atoms with Crippen LogP contribution in [0.15, 0.2) is 12.3 Å². The summed E-state index contributed by atoms with van der Waals surface area (Å²) in [6.45, 7) is 0. The van der Waals surface area contributed by atoms with Gasteiger partial charge in [-0.15, -0.1) is 0 Å². The highest BCUT2D eigenvalue weighted by molar-refractivity contribution is 7.23. The van der Waals surface area contributed by atoms with E-state index in [1.165, 1.54) is 17.4 Å². The molecular formula is C8H5N5O2S. The number of aromatic nitrogens is 3. The van der Waals surface area contributed by atoms with Gasteiger partial charge in [-0.3, -0.25) is 15.2 Å². The number of benzene rings is 1. The first-order valence-corrected chi connectivity index (χ1v) is 5.15. The summed E-state index contributed by atoms with van der Waals surface area (Å²) >= 11 is 1.22. The Labute approximate surface area is 92.0 Å². The summed E-state index contributed by atoms with van der Waals surface area (Å²) in [5.41, 5.74) is 6.45. The van der Waals surface area contributed by atoms with E-state index < -0.39 is 4.92 Å². The second kappa shape index (κ2) is 2.89. The van der Waals surface area contributed by atoms with Crippen LogP contribution in [-0.2, 0) is 0 Å². The minimum absolute atomic E-state index is 0.0558. The molecule has 8 heteroatoms. The molecule has 0 bridgehead atoms. The minimum atomic E-state index is -0.470. The quantitative estimate of drug-likeness (QED) is 0.492. The molecule has 3 aromatic rings. The van der Waals surface area contributed by atoms with Gasteiger partial charge in [-0.2, -0.15) is 5.10 Å². The Morgan fingerprint density at radius 3 is 3.12 bits per heavy atom. The van der Waals surface area contributed by atoms with E-state index in [-0.39, 0.29) is 5.69 Å². The second-order valence-corrected chi connectivity index (χ2v) is 4.24. The van der Waals surface area contributed by atoms with Gasteiger partial charge in [0.05, 0.1) is 21.3 Å². The molecule has 0 fully saturated rings. The lowest BCUT2D eigenvalue weighted by Gasteiger charge is -1.93. The maximum absolute atomic E-state index is 10.9. The number of non-ortho nitro benzene ring substituents is 1. The molecule has 0 radical (unpaired) electrons. The standard InChI is InChI=1S/C8H5N5O2S/c9-8-11-6-5(13(14)15)1-4-3(2-10-12-4)7(6)16-8/h1-2H,(H2,9,11)(H,10,12). The Kier molecular flexibility index (Phi) is 1.63. The lowest BCUT2D eigenvalue weighted by Crippen LogP contribution is -1.90. The van der Waals surface area contributed by atoms with Crippen LogP contribution in [0.25, 0.3) is 21.1 Å². The van der Waals surface area contributed by atoms with E-state index in [1.807, 2.05) is 0 Å². The maximum atomic E-state index is 10.9. The average Bonchev–Trinajstić information content (AvgIpc) is 2.79. The van der Waals surface area contributed by atoms with E-state index in [2.05, 4.69) is 15.2 Å². The Morgan fingerprint density at radius 1 is 1.56 bits per heavy atom. The summed E-state index contributed by atoms with van der Waals surface area (Å²) in [5, 5.41) is 18.5. The summed E-state index contributed by atoms with van der Waals surface area (Å²) in [6, 6.07) is 1.42. The minimum Gasteiger partial charge on any atom is -0.375 e. The smallest absolute Gasteiger partial charge is 0.298 e. The van der Waals surface area contributed by atoms with E-state index in [4.69, 9.17) is 5.73 Å². The van der Waals surface area contributed by atoms with E-state index >= 15 is 0 Å². The van der Waals surface area contributed by atoms with Crippen molar-refractivity contribution in [1.82, 2.24) is 15.2 Å². The molecule has 2 heterocycles. The van der Waals surface area contributed by atoms with Gasteiger partial charge in [0.25, 0.3) is 5.69 Å². The van der Waals surface area contributed by atoms with Crippen molar-refractivity contribution in [3.8, 4) is 0 Å². The molecule has 1 aromatic carbocycles. The number of hydrogen-bond acceptors (Lipinski definition) is 6. The fourth-order valence-corrected chi connectivity index (χ4v) is 2.49. The van der Waals surface area contributed by atoms with Gasteiger partial charge < -0.3 is 5.73 Å². The number of fused-ring (bicyclic) bond motifs is 3. The van der Waals surface area contributed by atoms with Crippen LogP contribution in [0.1, 0.15) is 0 Å². The van der Waals surface area contributed by atoms with Crippen LogP contribution in [0.5, 0.6) is 0 Å². The predicted octanol–water partition coefficient (Wildman–Crippen LogP) is 1.66. The van der Waals surface area contributed by atoms with Gasteiger partial charge in [-0.05, 0) is 0 Å².